The summed E-state index contributed by atoms with van der Waals surface area (Å²) in [6.07, 6.45) is 2.39. The van der Waals surface area contributed by atoms with Gasteiger partial charge in [0.2, 0.25) is 0 Å². The van der Waals surface area contributed by atoms with Gasteiger partial charge < -0.3 is 15.0 Å². The molecule has 1 aromatic heterocycles. The number of carboxylic acid groups (broad SMARTS) is 1. The van der Waals surface area contributed by atoms with Crippen molar-refractivity contribution in [3.05, 3.63) is 42.1 Å². The van der Waals surface area contributed by atoms with Gasteiger partial charge in [-0.15, -0.1) is 0 Å². The van der Waals surface area contributed by atoms with Gasteiger partial charge in [0, 0.05) is 18.5 Å². The van der Waals surface area contributed by atoms with Crippen molar-refractivity contribution in [3.8, 4) is 11.3 Å². The number of hydrogen-bond acceptors (Lipinski definition) is 2. The monoisotopic (exact) mass is 345 g/mol. The molecule has 5 nitrogen and oxygen atoms in total. The van der Waals surface area contributed by atoms with E-state index in [0.717, 1.165) is 29.9 Å². The molecule has 1 aromatic carbocycles. The Hall–Kier alpha value is -2.37. The number of H-pyrrole nitrogens is 1. The molecule has 3 rings (SSSR count). The summed E-state index contributed by atoms with van der Waals surface area (Å²) in [4.78, 5) is 20.9. The Morgan fingerprint density at radius 3 is 2.60 bits per heavy atom. The Morgan fingerprint density at radius 2 is 2.00 bits per heavy atom. The normalized spacial score (nSPS) is 21.4. The maximum atomic E-state index is 13.1. The lowest BCUT2D eigenvalue weighted by Crippen LogP contribution is -2.51. The van der Waals surface area contributed by atoms with E-state index in [1.165, 1.54) is 12.1 Å². The third-order valence-corrected chi connectivity index (χ3v) is 4.99. The lowest BCUT2D eigenvalue weighted by molar-refractivity contribution is 0.0516. The first-order chi connectivity index (χ1) is 11.8. The molecule has 0 aliphatic carbocycles. The summed E-state index contributed by atoms with van der Waals surface area (Å²) >= 11 is 0. The van der Waals surface area contributed by atoms with Crippen molar-refractivity contribution in [1.29, 1.82) is 0 Å². The number of nitrogens with one attached hydrogen (secondary N) is 1. The van der Waals surface area contributed by atoms with Crippen LogP contribution in [0.25, 0.3) is 11.3 Å². The fourth-order valence-corrected chi connectivity index (χ4v) is 3.58. The van der Waals surface area contributed by atoms with E-state index in [1.807, 2.05) is 0 Å². The van der Waals surface area contributed by atoms with Crippen molar-refractivity contribution in [2.24, 2.45) is 5.41 Å². The predicted octanol–water partition coefficient (Wildman–Crippen LogP) is 4.49. The van der Waals surface area contributed by atoms with Crippen molar-refractivity contribution in [2.45, 2.75) is 45.6 Å². The number of imidazole rings is 1. The highest BCUT2D eigenvalue weighted by Crippen LogP contribution is 2.38. The first kappa shape index (κ1) is 17.5. The minimum atomic E-state index is -0.857. The average molecular weight is 345 g/mol. The van der Waals surface area contributed by atoms with Gasteiger partial charge in [-0.05, 0) is 48.1 Å². The van der Waals surface area contributed by atoms with E-state index in [1.54, 1.807) is 23.2 Å². The maximum Gasteiger partial charge on any atom is 0.407 e. The molecule has 6 heteroatoms. The number of aromatic amines is 1. The topological polar surface area (TPSA) is 69.2 Å². The first-order valence-corrected chi connectivity index (χ1v) is 8.56. The second-order valence-electron chi connectivity index (χ2n) is 7.77. The van der Waals surface area contributed by atoms with Crippen LogP contribution in [0.2, 0.25) is 0 Å². The van der Waals surface area contributed by atoms with Gasteiger partial charge in [0.25, 0.3) is 0 Å². The van der Waals surface area contributed by atoms with Gasteiger partial charge in [0.05, 0.1) is 11.9 Å². The largest absolute Gasteiger partial charge is 0.465 e. The van der Waals surface area contributed by atoms with E-state index < -0.39 is 6.09 Å². The minimum absolute atomic E-state index is 0.0527. The summed E-state index contributed by atoms with van der Waals surface area (Å²) in [7, 11) is 0. The van der Waals surface area contributed by atoms with Crippen LogP contribution in [0.3, 0.4) is 0 Å². The number of rotatable bonds is 2. The number of amides is 1. The average Bonchev–Trinajstić information content (AvgIpc) is 3.04. The van der Waals surface area contributed by atoms with E-state index in [9.17, 15) is 14.3 Å². The number of halogens is 1. The molecule has 1 saturated heterocycles. The molecule has 134 valence electrons. The predicted molar refractivity (Wildman–Crippen MR) is 93.9 cm³/mol. The van der Waals surface area contributed by atoms with Gasteiger partial charge in [-0.1, -0.05) is 20.8 Å². The maximum absolute atomic E-state index is 13.1. The van der Waals surface area contributed by atoms with Crippen LogP contribution in [0.4, 0.5) is 9.18 Å². The van der Waals surface area contributed by atoms with Gasteiger partial charge >= 0.3 is 6.09 Å². The van der Waals surface area contributed by atoms with Crippen LogP contribution in [0.5, 0.6) is 0 Å². The number of nitrogens with zero attached hydrogens (tertiary/aromatic N) is 2. The molecule has 2 heterocycles. The molecule has 2 atom stereocenters. The summed E-state index contributed by atoms with van der Waals surface area (Å²) in [5.41, 5.74) is 1.60. The van der Waals surface area contributed by atoms with Gasteiger partial charge in [-0.25, -0.2) is 14.2 Å². The van der Waals surface area contributed by atoms with Crippen molar-refractivity contribution in [2.75, 3.05) is 6.54 Å². The molecule has 0 saturated carbocycles. The highest BCUT2D eigenvalue weighted by atomic mass is 19.1. The fourth-order valence-electron chi connectivity index (χ4n) is 3.58. The molecular weight excluding hydrogens is 321 g/mol. The van der Waals surface area contributed by atoms with Gasteiger partial charge in [0.1, 0.15) is 11.6 Å². The summed E-state index contributed by atoms with van der Waals surface area (Å²) < 4.78 is 13.1. The van der Waals surface area contributed by atoms with E-state index in [4.69, 9.17) is 0 Å². The van der Waals surface area contributed by atoms with E-state index in [0.29, 0.717) is 6.54 Å². The SMILES string of the molecule is CC(C)(C)C1CC(c2ncc(-c3ccc(F)cc3)[nH]2)CCN1C(=O)O. The van der Waals surface area contributed by atoms with Crippen LogP contribution in [0, 0.1) is 11.2 Å². The van der Waals surface area contributed by atoms with Crippen LogP contribution in [-0.2, 0) is 0 Å². The number of likely N-dealkylation sites (tertiary alicyclic amines) is 1. The highest BCUT2D eigenvalue weighted by Gasteiger charge is 2.39. The van der Waals surface area contributed by atoms with Crippen molar-refractivity contribution in [1.82, 2.24) is 14.9 Å². The molecule has 2 N–H and O–H groups in total. The quantitative estimate of drug-likeness (QED) is 0.843. The zero-order valence-corrected chi connectivity index (χ0v) is 14.8. The van der Waals surface area contributed by atoms with Gasteiger partial charge in [-0.2, -0.15) is 0 Å². The fraction of sp³-hybridized carbons (Fsp3) is 0.474. The molecule has 1 aliphatic rings. The third kappa shape index (κ3) is 3.67. The van der Waals surface area contributed by atoms with Crippen molar-refractivity contribution < 1.29 is 14.3 Å². The molecule has 2 unspecified atom stereocenters. The zero-order valence-electron chi connectivity index (χ0n) is 14.8. The second kappa shape index (κ2) is 6.50. The summed E-state index contributed by atoms with van der Waals surface area (Å²) in [6.45, 7) is 6.72. The molecular formula is C19H24FN3O2. The molecule has 0 radical (unpaired) electrons. The highest BCUT2D eigenvalue weighted by molar-refractivity contribution is 5.65. The molecule has 1 aliphatic heterocycles. The Morgan fingerprint density at radius 1 is 1.32 bits per heavy atom. The van der Waals surface area contributed by atoms with Crippen LogP contribution >= 0.6 is 0 Å². The second-order valence-corrected chi connectivity index (χ2v) is 7.77. The molecule has 1 amide bonds. The van der Waals surface area contributed by atoms with E-state index in [-0.39, 0.29) is 23.2 Å². The molecule has 25 heavy (non-hydrogen) atoms. The lowest BCUT2D eigenvalue weighted by atomic mass is 9.77. The lowest BCUT2D eigenvalue weighted by Gasteiger charge is -2.44. The van der Waals surface area contributed by atoms with Crippen LogP contribution in [0.15, 0.2) is 30.5 Å². The standard InChI is InChI=1S/C19H24FN3O2/c1-19(2,3)16-10-13(8-9-23(16)18(24)25)17-21-11-15(22-17)12-4-6-14(20)7-5-12/h4-7,11,13,16H,8-10H2,1-3H3,(H,21,22)(H,24,25). The minimum Gasteiger partial charge on any atom is -0.465 e. The Labute approximate surface area is 146 Å². The van der Waals surface area contributed by atoms with E-state index >= 15 is 0 Å². The van der Waals surface area contributed by atoms with Crippen molar-refractivity contribution in [3.63, 3.8) is 0 Å². The molecule has 1 fully saturated rings. The number of hydrogen-bond donors (Lipinski definition) is 2. The smallest absolute Gasteiger partial charge is 0.407 e. The summed E-state index contributed by atoms with van der Waals surface area (Å²) in [5.74, 6) is 0.796. The Kier molecular flexibility index (Phi) is 4.54. The summed E-state index contributed by atoms with van der Waals surface area (Å²) in [5, 5.41) is 9.48. The van der Waals surface area contributed by atoms with E-state index in [2.05, 4.69) is 30.7 Å². The van der Waals surface area contributed by atoms with Crippen LogP contribution in [-0.4, -0.2) is 38.7 Å². The summed E-state index contributed by atoms with van der Waals surface area (Å²) in [6, 6.07) is 6.24. The number of benzene rings is 1. The number of piperidine rings is 1. The van der Waals surface area contributed by atoms with Crippen LogP contribution in [0.1, 0.15) is 45.4 Å². The third-order valence-electron chi connectivity index (χ3n) is 4.99. The van der Waals surface area contributed by atoms with Crippen LogP contribution < -0.4 is 0 Å². The first-order valence-electron chi connectivity index (χ1n) is 8.56. The zero-order chi connectivity index (χ0) is 18.2. The molecule has 2 aromatic rings. The number of carbonyl (C=O) groups is 1. The van der Waals surface area contributed by atoms with Gasteiger partial charge in [0.15, 0.2) is 0 Å². The Balaban J connectivity index is 1.81. The Bertz CT molecular complexity index is 749. The number of aromatic nitrogens is 2. The molecule has 0 spiro atoms. The molecule has 0 bridgehead atoms. The van der Waals surface area contributed by atoms with Gasteiger partial charge in [-0.3, -0.25) is 0 Å². The van der Waals surface area contributed by atoms with Crippen molar-refractivity contribution >= 4 is 6.09 Å².